The monoisotopic (exact) mass is 235 g/mol. The van der Waals surface area contributed by atoms with Gasteiger partial charge in [-0.2, -0.15) is 0 Å². The molecule has 0 aromatic heterocycles. The van der Waals surface area contributed by atoms with Gasteiger partial charge in [-0.3, -0.25) is 0 Å². The highest BCUT2D eigenvalue weighted by Gasteiger charge is 2.12. The van der Waals surface area contributed by atoms with Crippen LogP contribution in [-0.2, 0) is 11.2 Å². The van der Waals surface area contributed by atoms with Crippen molar-refractivity contribution < 1.29 is 9.53 Å². The van der Waals surface area contributed by atoms with Crippen LogP contribution in [0.25, 0.3) is 0 Å². The van der Waals surface area contributed by atoms with Gasteiger partial charge < -0.3 is 10.5 Å². The zero-order valence-electron chi connectivity index (χ0n) is 10.6. The summed E-state index contributed by atoms with van der Waals surface area (Å²) in [7, 11) is 0. The molecule has 0 heterocycles. The van der Waals surface area contributed by atoms with E-state index in [0.717, 1.165) is 25.7 Å². The van der Waals surface area contributed by atoms with Crippen LogP contribution in [0.5, 0.6) is 0 Å². The van der Waals surface area contributed by atoms with Gasteiger partial charge in [-0.05, 0) is 18.9 Å². The summed E-state index contributed by atoms with van der Waals surface area (Å²) in [6.07, 6.45) is 2.96. The molecule has 0 saturated carbocycles. The number of ether oxygens (including phenoxy) is 1. The van der Waals surface area contributed by atoms with Crippen LogP contribution in [0.2, 0.25) is 0 Å². The minimum absolute atomic E-state index is 0.103. The van der Waals surface area contributed by atoms with E-state index in [-0.39, 0.29) is 6.10 Å². The second kappa shape index (κ2) is 6.94. The third kappa shape index (κ3) is 5.38. The minimum Gasteiger partial charge on any atom is -0.446 e. The number of carbonyl (C=O) groups is 1. The van der Waals surface area contributed by atoms with Crippen molar-refractivity contribution in [2.75, 3.05) is 0 Å². The summed E-state index contributed by atoms with van der Waals surface area (Å²) < 4.78 is 5.14. The molecule has 94 valence electrons. The van der Waals surface area contributed by atoms with Gasteiger partial charge in [-0.15, -0.1) is 0 Å². The molecule has 17 heavy (non-hydrogen) atoms. The predicted molar refractivity (Wildman–Crippen MR) is 68.9 cm³/mol. The highest BCUT2D eigenvalue weighted by Crippen LogP contribution is 2.13. The molecule has 1 amide bonds. The number of hydrogen-bond donors (Lipinski definition) is 1. The molecule has 0 radical (unpaired) electrons. The Morgan fingerprint density at radius 1 is 1.47 bits per heavy atom. The van der Waals surface area contributed by atoms with Gasteiger partial charge in [0.2, 0.25) is 0 Å². The van der Waals surface area contributed by atoms with Gasteiger partial charge in [0.25, 0.3) is 0 Å². The summed E-state index contributed by atoms with van der Waals surface area (Å²) in [5, 5.41) is 0. The Hall–Kier alpha value is -1.51. The second-order valence-corrected chi connectivity index (χ2v) is 4.39. The smallest absolute Gasteiger partial charge is 0.404 e. The van der Waals surface area contributed by atoms with Crippen molar-refractivity contribution in [3.05, 3.63) is 35.4 Å². The Bertz CT molecular complexity index is 363. The largest absolute Gasteiger partial charge is 0.446 e. The van der Waals surface area contributed by atoms with Crippen LogP contribution in [-0.4, -0.2) is 12.2 Å². The van der Waals surface area contributed by atoms with Crippen LogP contribution in [0.4, 0.5) is 4.79 Å². The first-order chi connectivity index (χ1) is 8.11. The summed E-state index contributed by atoms with van der Waals surface area (Å²) in [4.78, 5) is 10.8. The van der Waals surface area contributed by atoms with Crippen molar-refractivity contribution in [1.82, 2.24) is 0 Å². The van der Waals surface area contributed by atoms with Gasteiger partial charge in [0.1, 0.15) is 6.10 Å². The van der Waals surface area contributed by atoms with Crippen molar-refractivity contribution in [3.63, 3.8) is 0 Å². The molecule has 0 fully saturated rings. The van der Waals surface area contributed by atoms with Crippen LogP contribution < -0.4 is 5.73 Å². The highest BCUT2D eigenvalue weighted by atomic mass is 16.6. The molecular formula is C14H21NO2. The van der Waals surface area contributed by atoms with Crippen LogP contribution in [0.1, 0.15) is 37.3 Å². The van der Waals surface area contributed by atoms with Gasteiger partial charge in [0.05, 0.1) is 0 Å². The van der Waals surface area contributed by atoms with Crippen LogP contribution >= 0.6 is 0 Å². The zero-order chi connectivity index (χ0) is 12.7. The molecule has 0 spiro atoms. The van der Waals surface area contributed by atoms with E-state index in [1.54, 1.807) is 0 Å². The fraction of sp³-hybridized carbons (Fsp3) is 0.500. The molecular weight excluding hydrogens is 214 g/mol. The summed E-state index contributed by atoms with van der Waals surface area (Å²) in [5.74, 6) is 0. The standard InChI is InChI=1S/C14H21NO2/c1-3-4-8-13(17-14(15)16)10-12-7-5-6-11(2)9-12/h5-7,9,13H,3-4,8,10H2,1-2H3,(H2,15,16)/t13-/m0/s1. The first-order valence-electron chi connectivity index (χ1n) is 6.13. The SMILES string of the molecule is CCCC[C@@H](Cc1cccc(C)c1)OC(N)=O. The van der Waals surface area contributed by atoms with Crippen LogP contribution in [0.15, 0.2) is 24.3 Å². The first-order valence-corrected chi connectivity index (χ1v) is 6.13. The van der Waals surface area contributed by atoms with Crippen molar-refractivity contribution in [2.24, 2.45) is 5.73 Å². The quantitative estimate of drug-likeness (QED) is 0.823. The lowest BCUT2D eigenvalue weighted by atomic mass is 10.0. The summed E-state index contributed by atoms with van der Waals surface area (Å²) >= 11 is 0. The molecule has 1 rings (SSSR count). The fourth-order valence-corrected chi connectivity index (χ4v) is 1.90. The maximum atomic E-state index is 10.8. The maximum absolute atomic E-state index is 10.8. The molecule has 0 unspecified atom stereocenters. The first kappa shape index (κ1) is 13.6. The molecule has 3 heteroatoms. The van der Waals surface area contributed by atoms with Crippen molar-refractivity contribution in [2.45, 2.75) is 45.6 Å². The second-order valence-electron chi connectivity index (χ2n) is 4.39. The lowest BCUT2D eigenvalue weighted by Gasteiger charge is -2.16. The maximum Gasteiger partial charge on any atom is 0.404 e. The summed E-state index contributed by atoms with van der Waals surface area (Å²) in [6, 6.07) is 8.24. The number of hydrogen-bond acceptors (Lipinski definition) is 2. The summed E-state index contributed by atoms with van der Waals surface area (Å²) in [5.41, 5.74) is 7.49. The van der Waals surface area contributed by atoms with Crippen molar-refractivity contribution in [1.29, 1.82) is 0 Å². The number of amides is 1. The van der Waals surface area contributed by atoms with E-state index in [0.29, 0.717) is 0 Å². The molecule has 0 bridgehead atoms. The Balaban J connectivity index is 2.61. The minimum atomic E-state index is -0.682. The third-order valence-electron chi connectivity index (χ3n) is 2.71. The Morgan fingerprint density at radius 3 is 2.82 bits per heavy atom. The van der Waals surface area contributed by atoms with Gasteiger partial charge in [-0.25, -0.2) is 4.79 Å². The number of rotatable bonds is 6. The van der Waals surface area contributed by atoms with E-state index in [1.807, 2.05) is 6.07 Å². The van der Waals surface area contributed by atoms with E-state index >= 15 is 0 Å². The molecule has 0 aliphatic heterocycles. The number of carbonyl (C=O) groups excluding carboxylic acids is 1. The van der Waals surface area contributed by atoms with E-state index in [9.17, 15) is 4.79 Å². The van der Waals surface area contributed by atoms with Gasteiger partial charge in [0, 0.05) is 6.42 Å². The Labute approximate surface area is 103 Å². The lowest BCUT2D eigenvalue weighted by Crippen LogP contribution is -2.24. The molecule has 0 aliphatic rings. The van der Waals surface area contributed by atoms with Gasteiger partial charge in [-0.1, -0.05) is 49.6 Å². The number of nitrogens with two attached hydrogens (primary N) is 1. The average Bonchev–Trinajstić information content (AvgIpc) is 2.25. The van der Waals surface area contributed by atoms with E-state index in [2.05, 4.69) is 32.0 Å². The normalized spacial score (nSPS) is 12.1. The topological polar surface area (TPSA) is 52.3 Å². The fourth-order valence-electron chi connectivity index (χ4n) is 1.90. The molecule has 2 N–H and O–H groups in total. The number of unbranched alkanes of at least 4 members (excludes halogenated alkanes) is 1. The number of aryl methyl sites for hydroxylation is 1. The Morgan fingerprint density at radius 2 is 2.24 bits per heavy atom. The van der Waals surface area contributed by atoms with Gasteiger partial charge in [0.15, 0.2) is 0 Å². The predicted octanol–water partition coefficient (Wildman–Crippen LogP) is 3.19. The Kier molecular flexibility index (Phi) is 5.53. The molecule has 0 saturated heterocycles. The highest BCUT2D eigenvalue weighted by molar-refractivity contribution is 5.64. The van der Waals surface area contributed by atoms with Crippen molar-refractivity contribution in [3.8, 4) is 0 Å². The molecule has 1 atom stereocenters. The molecule has 3 nitrogen and oxygen atoms in total. The van der Waals surface area contributed by atoms with Crippen LogP contribution in [0.3, 0.4) is 0 Å². The van der Waals surface area contributed by atoms with E-state index < -0.39 is 6.09 Å². The molecule has 1 aromatic rings. The molecule has 1 aromatic carbocycles. The summed E-state index contributed by atoms with van der Waals surface area (Å²) in [6.45, 7) is 4.17. The van der Waals surface area contributed by atoms with E-state index in [1.165, 1.54) is 11.1 Å². The molecule has 0 aliphatic carbocycles. The van der Waals surface area contributed by atoms with Crippen LogP contribution in [0, 0.1) is 6.92 Å². The lowest BCUT2D eigenvalue weighted by molar-refractivity contribution is 0.0997. The number of primary amides is 1. The van der Waals surface area contributed by atoms with Crippen molar-refractivity contribution >= 4 is 6.09 Å². The average molecular weight is 235 g/mol. The van der Waals surface area contributed by atoms with E-state index in [4.69, 9.17) is 10.5 Å². The zero-order valence-corrected chi connectivity index (χ0v) is 10.6. The van der Waals surface area contributed by atoms with Gasteiger partial charge >= 0.3 is 6.09 Å². The number of benzene rings is 1. The third-order valence-corrected chi connectivity index (χ3v) is 2.71.